The SMILES string of the molecule is CNC(Cc1ccc(C)c(C)c1)c1cc(C)c(F)cc1Cl. The van der Waals surface area contributed by atoms with Crippen LogP contribution in [0.2, 0.25) is 5.02 Å². The Balaban J connectivity index is 2.31. The number of benzene rings is 2. The van der Waals surface area contributed by atoms with Crippen LogP contribution in [0.5, 0.6) is 0 Å². The first-order valence-electron chi connectivity index (χ1n) is 7.11. The summed E-state index contributed by atoms with van der Waals surface area (Å²) < 4.78 is 13.5. The zero-order chi connectivity index (χ0) is 15.6. The van der Waals surface area contributed by atoms with Crippen LogP contribution in [0, 0.1) is 26.6 Å². The van der Waals surface area contributed by atoms with Gasteiger partial charge in [-0.2, -0.15) is 0 Å². The van der Waals surface area contributed by atoms with Gasteiger partial charge in [0.25, 0.3) is 0 Å². The van der Waals surface area contributed by atoms with E-state index in [-0.39, 0.29) is 11.9 Å². The molecule has 2 aromatic carbocycles. The van der Waals surface area contributed by atoms with E-state index in [0.717, 1.165) is 12.0 Å². The molecule has 0 saturated carbocycles. The van der Waals surface area contributed by atoms with Crippen LogP contribution < -0.4 is 5.32 Å². The number of nitrogens with one attached hydrogen (secondary N) is 1. The molecule has 112 valence electrons. The Kier molecular flexibility index (Phi) is 5.02. The fourth-order valence-corrected chi connectivity index (χ4v) is 2.76. The average Bonchev–Trinajstić information content (AvgIpc) is 2.44. The number of halogens is 2. The van der Waals surface area contributed by atoms with Crippen molar-refractivity contribution in [2.24, 2.45) is 0 Å². The minimum absolute atomic E-state index is 0.0684. The molecule has 0 saturated heterocycles. The van der Waals surface area contributed by atoms with Crippen LogP contribution in [0.4, 0.5) is 4.39 Å². The third-order valence-electron chi connectivity index (χ3n) is 4.01. The maximum atomic E-state index is 13.5. The monoisotopic (exact) mass is 305 g/mol. The summed E-state index contributed by atoms with van der Waals surface area (Å²) in [6.07, 6.45) is 0.822. The van der Waals surface area contributed by atoms with Gasteiger partial charge in [-0.15, -0.1) is 0 Å². The van der Waals surface area contributed by atoms with Crippen LogP contribution in [0.1, 0.15) is 33.9 Å². The third kappa shape index (κ3) is 3.63. The number of likely N-dealkylation sites (N-methyl/N-ethyl adjacent to an activating group) is 1. The van der Waals surface area contributed by atoms with E-state index in [4.69, 9.17) is 11.6 Å². The summed E-state index contributed by atoms with van der Waals surface area (Å²) in [5.74, 6) is -0.259. The Labute approximate surface area is 131 Å². The number of hydrogen-bond donors (Lipinski definition) is 1. The third-order valence-corrected chi connectivity index (χ3v) is 4.34. The largest absolute Gasteiger partial charge is 0.313 e. The minimum atomic E-state index is -0.259. The van der Waals surface area contributed by atoms with Crippen LogP contribution in [0.25, 0.3) is 0 Å². The first kappa shape index (κ1) is 16.0. The Bertz CT molecular complexity index is 652. The van der Waals surface area contributed by atoms with Gasteiger partial charge < -0.3 is 5.32 Å². The molecule has 21 heavy (non-hydrogen) atoms. The van der Waals surface area contributed by atoms with E-state index >= 15 is 0 Å². The van der Waals surface area contributed by atoms with Crippen molar-refractivity contribution in [3.63, 3.8) is 0 Å². The smallest absolute Gasteiger partial charge is 0.127 e. The Morgan fingerprint density at radius 3 is 2.38 bits per heavy atom. The number of hydrogen-bond acceptors (Lipinski definition) is 1. The molecular weight excluding hydrogens is 285 g/mol. The topological polar surface area (TPSA) is 12.0 Å². The van der Waals surface area contributed by atoms with Crippen LogP contribution in [-0.2, 0) is 6.42 Å². The second-order valence-electron chi connectivity index (χ2n) is 5.59. The molecular formula is C18H21ClFN. The minimum Gasteiger partial charge on any atom is -0.313 e. The molecule has 3 heteroatoms. The van der Waals surface area contributed by atoms with E-state index < -0.39 is 0 Å². The fraction of sp³-hybridized carbons (Fsp3) is 0.333. The van der Waals surface area contributed by atoms with Gasteiger partial charge in [0.05, 0.1) is 0 Å². The summed E-state index contributed by atoms with van der Waals surface area (Å²) >= 11 is 6.22. The summed E-state index contributed by atoms with van der Waals surface area (Å²) in [5.41, 5.74) is 5.38. The van der Waals surface area contributed by atoms with E-state index in [1.807, 2.05) is 13.1 Å². The zero-order valence-corrected chi connectivity index (χ0v) is 13.7. The molecule has 2 aromatic rings. The van der Waals surface area contributed by atoms with Crippen molar-refractivity contribution >= 4 is 11.6 Å². The summed E-state index contributed by atoms with van der Waals surface area (Å²) in [4.78, 5) is 0. The molecule has 1 nitrogen and oxygen atoms in total. The molecule has 0 bridgehead atoms. The van der Waals surface area contributed by atoms with Crippen LogP contribution >= 0.6 is 11.6 Å². The van der Waals surface area contributed by atoms with E-state index in [1.54, 1.807) is 6.92 Å². The lowest BCUT2D eigenvalue weighted by Crippen LogP contribution is -2.19. The second kappa shape index (κ2) is 6.59. The molecule has 0 aliphatic heterocycles. The molecule has 0 radical (unpaired) electrons. The Morgan fingerprint density at radius 1 is 1.05 bits per heavy atom. The van der Waals surface area contributed by atoms with Gasteiger partial charge in [0, 0.05) is 11.1 Å². The van der Waals surface area contributed by atoms with E-state index in [1.165, 1.54) is 22.8 Å². The first-order chi connectivity index (χ1) is 9.92. The van der Waals surface area contributed by atoms with Gasteiger partial charge in [-0.25, -0.2) is 4.39 Å². The Morgan fingerprint density at radius 2 is 1.76 bits per heavy atom. The molecule has 0 amide bonds. The molecule has 0 aliphatic carbocycles. The van der Waals surface area contributed by atoms with Gasteiger partial charge >= 0.3 is 0 Å². The van der Waals surface area contributed by atoms with Crippen molar-refractivity contribution in [2.75, 3.05) is 7.05 Å². The molecule has 0 fully saturated rings. The van der Waals surface area contributed by atoms with E-state index in [0.29, 0.717) is 10.6 Å². The van der Waals surface area contributed by atoms with Gasteiger partial charge in [0.1, 0.15) is 5.82 Å². The van der Waals surface area contributed by atoms with Crippen molar-refractivity contribution < 1.29 is 4.39 Å². The summed E-state index contributed by atoms with van der Waals surface area (Å²) in [7, 11) is 1.90. The second-order valence-corrected chi connectivity index (χ2v) is 5.99. The highest BCUT2D eigenvalue weighted by molar-refractivity contribution is 6.31. The van der Waals surface area contributed by atoms with Crippen LogP contribution in [0.15, 0.2) is 30.3 Å². The van der Waals surface area contributed by atoms with Crippen LogP contribution in [0.3, 0.4) is 0 Å². The lowest BCUT2D eigenvalue weighted by molar-refractivity contribution is 0.583. The van der Waals surface area contributed by atoms with E-state index in [9.17, 15) is 4.39 Å². The highest BCUT2D eigenvalue weighted by Crippen LogP contribution is 2.28. The number of rotatable bonds is 4. The Hall–Kier alpha value is -1.38. The standard InChI is InChI=1S/C18H21ClFN/c1-11-5-6-14(7-12(11)2)9-18(21-4)15-8-13(3)17(20)10-16(15)19/h5-8,10,18,21H,9H2,1-4H3. The fourth-order valence-electron chi connectivity index (χ4n) is 2.48. The zero-order valence-electron chi connectivity index (χ0n) is 12.9. The summed E-state index contributed by atoms with van der Waals surface area (Å²) in [6.45, 7) is 5.98. The summed E-state index contributed by atoms with van der Waals surface area (Å²) in [6, 6.07) is 9.77. The van der Waals surface area contributed by atoms with Crippen molar-refractivity contribution in [3.8, 4) is 0 Å². The van der Waals surface area contributed by atoms with E-state index in [2.05, 4.69) is 37.4 Å². The first-order valence-corrected chi connectivity index (χ1v) is 7.49. The predicted octanol–water partition coefficient (Wildman–Crippen LogP) is 4.91. The molecule has 0 heterocycles. The van der Waals surface area contributed by atoms with Gasteiger partial charge in [-0.05, 0) is 68.1 Å². The molecule has 0 aromatic heterocycles. The highest BCUT2D eigenvalue weighted by Gasteiger charge is 2.16. The maximum Gasteiger partial charge on any atom is 0.127 e. The van der Waals surface area contributed by atoms with Gasteiger partial charge in [0.2, 0.25) is 0 Å². The molecule has 1 atom stereocenters. The predicted molar refractivity (Wildman–Crippen MR) is 87.6 cm³/mol. The summed E-state index contributed by atoms with van der Waals surface area (Å²) in [5, 5.41) is 3.75. The molecule has 1 N–H and O–H groups in total. The van der Waals surface area contributed by atoms with Crippen molar-refractivity contribution in [2.45, 2.75) is 33.2 Å². The molecule has 0 aliphatic rings. The number of aryl methyl sites for hydroxylation is 3. The van der Waals surface area contributed by atoms with Crippen LogP contribution in [-0.4, -0.2) is 7.05 Å². The molecule has 0 spiro atoms. The lowest BCUT2D eigenvalue weighted by atomic mass is 9.95. The van der Waals surface area contributed by atoms with Crippen molar-refractivity contribution in [3.05, 3.63) is 69.0 Å². The van der Waals surface area contributed by atoms with Gasteiger partial charge in [0.15, 0.2) is 0 Å². The maximum absolute atomic E-state index is 13.5. The quantitative estimate of drug-likeness (QED) is 0.846. The van der Waals surface area contributed by atoms with Gasteiger partial charge in [-0.1, -0.05) is 35.9 Å². The molecule has 1 unspecified atom stereocenters. The van der Waals surface area contributed by atoms with Crippen molar-refractivity contribution in [1.82, 2.24) is 5.32 Å². The normalized spacial score (nSPS) is 12.5. The van der Waals surface area contributed by atoms with Gasteiger partial charge in [-0.3, -0.25) is 0 Å². The van der Waals surface area contributed by atoms with Crippen molar-refractivity contribution in [1.29, 1.82) is 0 Å². The average molecular weight is 306 g/mol. The lowest BCUT2D eigenvalue weighted by Gasteiger charge is -2.19. The highest BCUT2D eigenvalue weighted by atomic mass is 35.5. The molecule has 2 rings (SSSR count).